The lowest BCUT2D eigenvalue weighted by Gasteiger charge is -2.26. The van der Waals surface area contributed by atoms with Crippen molar-refractivity contribution in [2.24, 2.45) is 0 Å². The van der Waals surface area contributed by atoms with Gasteiger partial charge in [-0.2, -0.15) is 0 Å². The van der Waals surface area contributed by atoms with E-state index in [1.165, 1.54) is 16.5 Å². The number of benzene rings is 1. The van der Waals surface area contributed by atoms with Crippen molar-refractivity contribution in [3.8, 4) is 0 Å². The summed E-state index contributed by atoms with van der Waals surface area (Å²) in [4.78, 5) is 2.48. The minimum atomic E-state index is 0.874. The predicted molar refractivity (Wildman–Crippen MR) is 86.6 cm³/mol. The van der Waals surface area contributed by atoms with Gasteiger partial charge in [-0.25, -0.2) is 0 Å². The van der Waals surface area contributed by atoms with Gasteiger partial charge in [0.05, 0.1) is 13.2 Å². The summed E-state index contributed by atoms with van der Waals surface area (Å²) >= 11 is 0. The summed E-state index contributed by atoms with van der Waals surface area (Å²) in [5, 5.41) is 4.79. The molecular formula is C17H25N3O. The second-order valence-electron chi connectivity index (χ2n) is 5.59. The van der Waals surface area contributed by atoms with Gasteiger partial charge in [0, 0.05) is 49.8 Å². The average molecular weight is 287 g/mol. The fourth-order valence-electron chi connectivity index (χ4n) is 2.97. The largest absolute Gasteiger partial charge is 0.379 e. The van der Waals surface area contributed by atoms with Crippen molar-refractivity contribution in [2.45, 2.75) is 20.0 Å². The van der Waals surface area contributed by atoms with Crippen LogP contribution in [0.5, 0.6) is 0 Å². The molecule has 0 radical (unpaired) electrons. The Morgan fingerprint density at radius 2 is 2.00 bits per heavy atom. The zero-order chi connectivity index (χ0) is 14.5. The third kappa shape index (κ3) is 3.46. The highest BCUT2D eigenvalue weighted by Gasteiger charge is 2.11. The maximum absolute atomic E-state index is 5.40. The second-order valence-corrected chi connectivity index (χ2v) is 5.59. The topological polar surface area (TPSA) is 29.4 Å². The van der Waals surface area contributed by atoms with Gasteiger partial charge in [0.15, 0.2) is 0 Å². The molecule has 0 saturated carbocycles. The third-order valence-corrected chi connectivity index (χ3v) is 4.23. The lowest BCUT2D eigenvalue weighted by molar-refractivity contribution is 0.0365. The van der Waals surface area contributed by atoms with Gasteiger partial charge in [-0.05, 0) is 24.2 Å². The Morgan fingerprint density at radius 3 is 2.81 bits per heavy atom. The van der Waals surface area contributed by atoms with Crippen LogP contribution in [0.15, 0.2) is 30.5 Å². The van der Waals surface area contributed by atoms with Crippen molar-refractivity contribution >= 4 is 10.9 Å². The molecule has 0 amide bonds. The van der Waals surface area contributed by atoms with Crippen molar-refractivity contribution in [3.63, 3.8) is 0 Å². The van der Waals surface area contributed by atoms with E-state index in [4.69, 9.17) is 4.74 Å². The smallest absolute Gasteiger partial charge is 0.0594 e. The summed E-state index contributed by atoms with van der Waals surface area (Å²) < 4.78 is 7.78. The Kier molecular flexibility index (Phi) is 4.91. The van der Waals surface area contributed by atoms with E-state index >= 15 is 0 Å². The van der Waals surface area contributed by atoms with Crippen LogP contribution in [-0.2, 0) is 17.8 Å². The Hall–Kier alpha value is -1.36. The molecule has 3 rings (SSSR count). The van der Waals surface area contributed by atoms with E-state index in [-0.39, 0.29) is 0 Å². The van der Waals surface area contributed by atoms with Crippen molar-refractivity contribution in [2.75, 3.05) is 39.4 Å². The number of hydrogen-bond acceptors (Lipinski definition) is 3. The van der Waals surface area contributed by atoms with Crippen molar-refractivity contribution in [3.05, 3.63) is 36.0 Å². The summed E-state index contributed by atoms with van der Waals surface area (Å²) in [5.41, 5.74) is 2.73. The second kappa shape index (κ2) is 7.07. The number of nitrogens with one attached hydrogen (secondary N) is 1. The van der Waals surface area contributed by atoms with Gasteiger partial charge in [0.1, 0.15) is 0 Å². The molecule has 1 saturated heterocycles. The fourth-order valence-corrected chi connectivity index (χ4v) is 2.97. The molecule has 21 heavy (non-hydrogen) atoms. The molecule has 4 heteroatoms. The number of aromatic nitrogens is 1. The molecule has 114 valence electrons. The number of rotatable bonds is 6. The Labute approximate surface area is 126 Å². The number of nitrogens with zero attached hydrogens (tertiary/aromatic N) is 2. The maximum atomic E-state index is 5.40. The molecule has 1 aromatic carbocycles. The lowest BCUT2D eigenvalue weighted by atomic mass is 10.1. The molecule has 1 aromatic heterocycles. The van der Waals surface area contributed by atoms with Gasteiger partial charge in [-0.15, -0.1) is 0 Å². The predicted octanol–water partition coefficient (Wildman–Crippen LogP) is 2.08. The molecule has 0 unspecified atom stereocenters. The summed E-state index contributed by atoms with van der Waals surface area (Å²) in [6.07, 6.45) is 2.22. The molecule has 1 aliphatic heterocycles. The van der Waals surface area contributed by atoms with Gasteiger partial charge in [0.25, 0.3) is 0 Å². The number of fused-ring (bicyclic) bond motifs is 1. The van der Waals surface area contributed by atoms with Crippen LogP contribution >= 0.6 is 0 Å². The highest BCUT2D eigenvalue weighted by Crippen LogP contribution is 2.20. The highest BCUT2D eigenvalue weighted by atomic mass is 16.5. The Balaban J connectivity index is 1.70. The third-order valence-electron chi connectivity index (χ3n) is 4.23. The van der Waals surface area contributed by atoms with Crippen LogP contribution in [0.2, 0.25) is 0 Å². The van der Waals surface area contributed by atoms with Gasteiger partial charge in [0.2, 0.25) is 0 Å². The van der Waals surface area contributed by atoms with Crippen LogP contribution in [-0.4, -0.2) is 48.9 Å². The molecule has 1 fully saturated rings. The first kappa shape index (κ1) is 14.6. The zero-order valence-electron chi connectivity index (χ0n) is 12.8. The van der Waals surface area contributed by atoms with E-state index in [1.807, 2.05) is 0 Å². The van der Waals surface area contributed by atoms with E-state index in [2.05, 4.69) is 52.2 Å². The maximum Gasteiger partial charge on any atom is 0.0594 e. The summed E-state index contributed by atoms with van der Waals surface area (Å²) in [5.74, 6) is 0. The first-order chi connectivity index (χ1) is 10.4. The summed E-state index contributed by atoms with van der Waals surface area (Å²) in [6.45, 7) is 10.1. The quantitative estimate of drug-likeness (QED) is 0.882. The SMILES string of the molecule is CCNCc1cccc2c1ccn2CCN1CCOCC1. The Bertz CT molecular complexity index is 572. The van der Waals surface area contributed by atoms with Crippen LogP contribution in [0, 0.1) is 0 Å². The van der Waals surface area contributed by atoms with Crippen LogP contribution in [0.3, 0.4) is 0 Å². The molecule has 0 aliphatic carbocycles. The van der Waals surface area contributed by atoms with Crippen LogP contribution in [0.4, 0.5) is 0 Å². The first-order valence-corrected chi connectivity index (χ1v) is 7.96. The monoisotopic (exact) mass is 287 g/mol. The first-order valence-electron chi connectivity index (χ1n) is 7.96. The standard InChI is InChI=1S/C17H25N3O/c1-2-18-14-15-4-3-5-17-16(15)6-7-20(17)9-8-19-10-12-21-13-11-19/h3-7,18H,2,8-14H2,1H3. The van der Waals surface area contributed by atoms with Crippen molar-refractivity contribution in [1.82, 2.24) is 14.8 Å². The molecule has 0 bridgehead atoms. The minimum Gasteiger partial charge on any atom is -0.379 e. The zero-order valence-corrected chi connectivity index (χ0v) is 12.8. The average Bonchev–Trinajstić information content (AvgIpc) is 2.96. The van der Waals surface area contributed by atoms with E-state index in [9.17, 15) is 0 Å². The van der Waals surface area contributed by atoms with Gasteiger partial charge < -0.3 is 14.6 Å². The molecule has 1 aliphatic rings. The summed E-state index contributed by atoms with van der Waals surface area (Å²) in [6, 6.07) is 8.86. The molecule has 1 N–H and O–H groups in total. The van der Waals surface area contributed by atoms with Crippen LogP contribution in [0.1, 0.15) is 12.5 Å². The van der Waals surface area contributed by atoms with Crippen molar-refractivity contribution < 1.29 is 4.74 Å². The van der Waals surface area contributed by atoms with Gasteiger partial charge in [-0.3, -0.25) is 4.90 Å². The van der Waals surface area contributed by atoms with E-state index in [0.29, 0.717) is 0 Å². The molecule has 4 nitrogen and oxygen atoms in total. The van der Waals surface area contributed by atoms with Crippen LogP contribution < -0.4 is 5.32 Å². The van der Waals surface area contributed by atoms with E-state index in [1.54, 1.807) is 0 Å². The molecule has 2 aromatic rings. The lowest BCUT2D eigenvalue weighted by Crippen LogP contribution is -2.38. The van der Waals surface area contributed by atoms with E-state index in [0.717, 1.165) is 52.5 Å². The van der Waals surface area contributed by atoms with Gasteiger partial charge in [-0.1, -0.05) is 19.1 Å². The highest BCUT2D eigenvalue weighted by molar-refractivity contribution is 5.83. The Morgan fingerprint density at radius 1 is 1.14 bits per heavy atom. The van der Waals surface area contributed by atoms with E-state index < -0.39 is 0 Å². The van der Waals surface area contributed by atoms with Crippen LogP contribution in [0.25, 0.3) is 10.9 Å². The number of morpholine rings is 1. The fraction of sp³-hybridized carbons (Fsp3) is 0.529. The van der Waals surface area contributed by atoms with Gasteiger partial charge >= 0.3 is 0 Å². The molecule has 0 spiro atoms. The molecule has 2 heterocycles. The minimum absolute atomic E-state index is 0.874. The number of ether oxygens (including phenoxy) is 1. The molecule has 0 atom stereocenters. The number of hydrogen-bond donors (Lipinski definition) is 1. The molecular weight excluding hydrogens is 262 g/mol. The van der Waals surface area contributed by atoms with Crippen molar-refractivity contribution in [1.29, 1.82) is 0 Å². The normalized spacial score (nSPS) is 16.6. The summed E-state index contributed by atoms with van der Waals surface area (Å²) in [7, 11) is 0.